The van der Waals surface area contributed by atoms with Crippen LogP contribution in [0.3, 0.4) is 0 Å². The van der Waals surface area contributed by atoms with Gasteiger partial charge < -0.3 is 9.64 Å². The van der Waals surface area contributed by atoms with E-state index in [9.17, 15) is 13.2 Å². The Bertz CT molecular complexity index is 718. The third-order valence-corrected chi connectivity index (χ3v) is 6.37. The van der Waals surface area contributed by atoms with E-state index in [0.717, 1.165) is 12.8 Å². The van der Waals surface area contributed by atoms with Crippen LogP contribution in [0.4, 0.5) is 0 Å². The predicted octanol–water partition coefficient (Wildman–Crippen LogP) is 2.55. The average Bonchev–Trinajstić information content (AvgIpc) is 3.24. The Balaban J connectivity index is 1.67. The molecule has 5 nitrogen and oxygen atoms in total. The van der Waals surface area contributed by atoms with Crippen LogP contribution >= 0.6 is 23.2 Å². The Kier molecular flexibility index (Phi) is 4.76. The Morgan fingerprint density at radius 2 is 1.96 bits per heavy atom. The van der Waals surface area contributed by atoms with Crippen molar-refractivity contribution < 1.29 is 17.9 Å². The van der Waals surface area contributed by atoms with Gasteiger partial charge in [0.2, 0.25) is 0 Å². The standard InChI is InChI=1S/C15H17Cl2NO4S/c16-10-1-4-13(17)14(7-10)22-8-15(19)18(11-2-3-11)12-5-6-23(20,21)9-12/h1,4,7,11-12H,2-3,5-6,8-9H2/t12-/m0/s1. The maximum atomic E-state index is 12.5. The van der Waals surface area contributed by atoms with Gasteiger partial charge in [0.25, 0.3) is 5.91 Å². The molecule has 1 amide bonds. The quantitative estimate of drug-likeness (QED) is 0.790. The lowest BCUT2D eigenvalue weighted by atomic mass is 10.2. The molecule has 0 spiro atoms. The summed E-state index contributed by atoms with van der Waals surface area (Å²) in [5.41, 5.74) is 0. The molecule has 0 N–H and O–H groups in total. The third-order valence-electron chi connectivity index (χ3n) is 4.07. The number of carbonyl (C=O) groups is 1. The summed E-state index contributed by atoms with van der Waals surface area (Å²) in [4.78, 5) is 14.2. The minimum Gasteiger partial charge on any atom is -0.482 e. The molecule has 1 aliphatic carbocycles. The van der Waals surface area contributed by atoms with E-state index in [4.69, 9.17) is 27.9 Å². The van der Waals surface area contributed by atoms with Gasteiger partial charge in [-0.25, -0.2) is 8.42 Å². The SMILES string of the molecule is O=C(COc1cc(Cl)ccc1Cl)N(C1CC1)[C@H]1CCS(=O)(=O)C1. The summed E-state index contributed by atoms with van der Waals surface area (Å²) in [6.45, 7) is -0.174. The van der Waals surface area contributed by atoms with Gasteiger partial charge >= 0.3 is 0 Å². The van der Waals surface area contributed by atoms with Crippen molar-refractivity contribution in [3.05, 3.63) is 28.2 Å². The summed E-state index contributed by atoms with van der Waals surface area (Å²) in [5.74, 6) is 0.343. The summed E-state index contributed by atoms with van der Waals surface area (Å²) in [5, 5.41) is 0.849. The number of halogens is 2. The molecule has 23 heavy (non-hydrogen) atoms. The largest absolute Gasteiger partial charge is 0.482 e. The fraction of sp³-hybridized carbons (Fsp3) is 0.533. The number of ether oxygens (including phenoxy) is 1. The second-order valence-electron chi connectivity index (χ2n) is 5.95. The van der Waals surface area contributed by atoms with Crippen molar-refractivity contribution in [2.75, 3.05) is 18.1 Å². The van der Waals surface area contributed by atoms with Gasteiger partial charge in [0.15, 0.2) is 16.4 Å². The van der Waals surface area contributed by atoms with Crippen LogP contribution in [0.25, 0.3) is 0 Å². The van der Waals surface area contributed by atoms with Crippen LogP contribution in [0.5, 0.6) is 5.75 Å². The van der Waals surface area contributed by atoms with E-state index in [1.165, 1.54) is 0 Å². The van der Waals surface area contributed by atoms with Crippen LogP contribution in [0, 0.1) is 0 Å². The van der Waals surface area contributed by atoms with Crippen LogP contribution in [-0.4, -0.2) is 49.4 Å². The van der Waals surface area contributed by atoms with E-state index in [2.05, 4.69) is 0 Å². The topological polar surface area (TPSA) is 63.7 Å². The molecular weight excluding hydrogens is 361 g/mol. The van der Waals surface area contributed by atoms with Crippen molar-refractivity contribution in [2.24, 2.45) is 0 Å². The summed E-state index contributed by atoms with van der Waals surface area (Å²) in [7, 11) is -3.03. The number of hydrogen-bond donors (Lipinski definition) is 0. The van der Waals surface area contributed by atoms with Gasteiger partial charge in [0, 0.05) is 23.2 Å². The highest BCUT2D eigenvalue weighted by Gasteiger charge is 2.42. The molecule has 0 unspecified atom stereocenters. The van der Waals surface area contributed by atoms with E-state index in [0.29, 0.717) is 22.2 Å². The van der Waals surface area contributed by atoms with E-state index < -0.39 is 9.84 Å². The lowest BCUT2D eigenvalue weighted by Gasteiger charge is -2.28. The fourth-order valence-corrected chi connectivity index (χ4v) is 4.90. The zero-order valence-corrected chi connectivity index (χ0v) is 14.7. The van der Waals surface area contributed by atoms with Gasteiger partial charge in [-0.1, -0.05) is 23.2 Å². The van der Waals surface area contributed by atoms with Gasteiger partial charge in [0.1, 0.15) is 5.75 Å². The molecule has 126 valence electrons. The highest BCUT2D eigenvalue weighted by molar-refractivity contribution is 7.91. The molecule has 1 aliphatic heterocycles. The van der Waals surface area contributed by atoms with Crippen LogP contribution in [0.2, 0.25) is 10.0 Å². The number of amides is 1. The Morgan fingerprint density at radius 1 is 1.22 bits per heavy atom. The van der Waals surface area contributed by atoms with E-state index >= 15 is 0 Å². The molecule has 1 aromatic carbocycles. The van der Waals surface area contributed by atoms with Gasteiger partial charge in [-0.2, -0.15) is 0 Å². The zero-order valence-electron chi connectivity index (χ0n) is 12.4. The van der Waals surface area contributed by atoms with Gasteiger partial charge in [-0.15, -0.1) is 0 Å². The Hall–Kier alpha value is -0.980. The van der Waals surface area contributed by atoms with E-state index in [1.807, 2.05) is 0 Å². The van der Waals surface area contributed by atoms with Crippen LogP contribution in [0.15, 0.2) is 18.2 Å². The zero-order chi connectivity index (χ0) is 16.6. The predicted molar refractivity (Wildman–Crippen MR) is 88.9 cm³/mol. The van der Waals surface area contributed by atoms with E-state index in [-0.39, 0.29) is 36.1 Å². The van der Waals surface area contributed by atoms with Crippen LogP contribution in [-0.2, 0) is 14.6 Å². The molecule has 1 heterocycles. The highest BCUT2D eigenvalue weighted by Crippen LogP contribution is 2.33. The smallest absolute Gasteiger partial charge is 0.261 e. The van der Waals surface area contributed by atoms with Crippen molar-refractivity contribution in [3.63, 3.8) is 0 Å². The van der Waals surface area contributed by atoms with Crippen molar-refractivity contribution in [1.29, 1.82) is 0 Å². The molecular formula is C15H17Cl2NO4S. The summed E-state index contributed by atoms with van der Waals surface area (Å²) < 4.78 is 28.8. The maximum Gasteiger partial charge on any atom is 0.261 e. The molecule has 1 saturated heterocycles. The van der Waals surface area contributed by atoms with Crippen molar-refractivity contribution in [1.82, 2.24) is 4.90 Å². The average molecular weight is 378 g/mol. The van der Waals surface area contributed by atoms with Crippen molar-refractivity contribution in [2.45, 2.75) is 31.3 Å². The third kappa shape index (κ3) is 4.11. The number of hydrogen-bond acceptors (Lipinski definition) is 4. The molecule has 1 saturated carbocycles. The monoisotopic (exact) mass is 377 g/mol. The lowest BCUT2D eigenvalue weighted by Crippen LogP contribution is -2.45. The molecule has 0 bridgehead atoms. The Morgan fingerprint density at radius 3 is 2.57 bits per heavy atom. The summed E-state index contributed by atoms with van der Waals surface area (Å²) >= 11 is 11.9. The maximum absolute atomic E-state index is 12.5. The van der Waals surface area contributed by atoms with Crippen LogP contribution < -0.4 is 4.74 Å². The second-order valence-corrected chi connectivity index (χ2v) is 9.02. The minimum atomic E-state index is -3.03. The molecule has 3 rings (SSSR count). The molecule has 2 fully saturated rings. The van der Waals surface area contributed by atoms with Gasteiger partial charge in [-0.3, -0.25) is 4.79 Å². The highest BCUT2D eigenvalue weighted by atomic mass is 35.5. The van der Waals surface area contributed by atoms with E-state index in [1.54, 1.807) is 23.1 Å². The Labute approximate surface area is 145 Å². The summed E-state index contributed by atoms with van der Waals surface area (Å²) in [6.07, 6.45) is 2.34. The van der Waals surface area contributed by atoms with Crippen molar-refractivity contribution >= 4 is 38.9 Å². The molecule has 1 aromatic rings. The first-order valence-electron chi connectivity index (χ1n) is 7.45. The lowest BCUT2D eigenvalue weighted by molar-refractivity contribution is -0.135. The molecule has 8 heteroatoms. The summed E-state index contributed by atoms with van der Waals surface area (Å²) in [6, 6.07) is 4.70. The number of sulfone groups is 1. The molecule has 0 aromatic heterocycles. The first kappa shape index (κ1) is 16.9. The minimum absolute atomic E-state index is 0.0488. The molecule has 2 aliphatic rings. The van der Waals surface area contributed by atoms with Gasteiger partial charge in [-0.05, 0) is 31.4 Å². The number of rotatable bonds is 5. The second kappa shape index (κ2) is 6.49. The number of benzene rings is 1. The van der Waals surface area contributed by atoms with Crippen molar-refractivity contribution in [3.8, 4) is 5.75 Å². The number of nitrogens with zero attached hydrogens (tertiary/aromatic N) is 1. The number of carbonyl (C=O) groups excluding carboxylic acids is 1. The normalized spacial score (nSPS) is 22.8. The fourth-order valence-electron chi connectivity index (χ4n) is 2.85. The van der Waals surface area contributed by atoms with Crippen LogP contribution in [0.1, 0.15) is 19.3 Å². The first-order chi connectivity index (χ1) is 10.9. The molecule has 1 atom stereocenters. The first-order valence-corrected chi connectivity index (χ1v) is 10.0. The van der Waals surface area contributed by atoms with Gasteiger partial charge in [0.05, 0.1) is 16.5 Å². The molecule has 0 radical (unpaired) electrons.